The van der Waals surface area contributed by atoms with Crippen molar-refractivity contribution in [3.63, 3.8) is 0 Å². The largest absolute Gasteiger partial charge is 0.444 e. The van der Waals surface area contributed by atoms with E-state index in [-0.39, 0.29) is 19.0 Å². The van der Waals surface area contributed by atoms with Crippen LogP contribution in [0.3, 0.4) is 0 Å². The van der Waals surface area contributed by atoms with Crippen molar-refractivity contribution in [1.82, 2.24) is 14.7 Å². The molecule has 1 aromatic heterocycles. The van der Waals surface area contributed by atoms with Crippen molar-refractivity contribution in [3.8, 4) is 0 Å². The van der Waals surface area contributed by atoms with Crippen LogP contribution in [-0.2, 0) is 21.3 Å². The molecule has 0 radical (unpaired) electrons. The van der Waals surface area contributed by atoms with Gasteiger partial charge in [-0.15, -0.1) is 0 Å². The molecule has 0 unspecified atom stereocenters. The number of nitrogens with one attached hydrogen (secondary N) is 1. The van der Waals surface area contributed by atoms with Crippen molar-refractivity contribution in [1.29, 1.82) is 0 Å². The molecule has 8 nitrogen and oxygen atoms in total. The lowest BCUT2D eigenvalue weighted by Gasteiger charge is -2.26. The monoisotopic (exact) mass is 326 g/mol. The first-order valence-corrected chi connectivity index (χ1v) is 7.39. The van der Waals surface area contributed by atoms with Crippen molar-refractivity contribution in [2.75, 3.05) is 32.1 Å². The Kier molecular flexibility index (Phi) is 6.56. The van der Waals surface area contributed by atoms with Crippen LogP contribution in [0.1, 0.15) is 26.5 Å². The number of rotatable bonds is 6. The van der Waals surface area contributed by atoms with Gasteiger partial charge in [-0.05, 0) is 27.7 Å². The SMILES string of the molecule is COCCN(CC(=O)Nc1cc(C)nn1C)C(=O)OC(C)(C)C. The standard InChI is InChI=1S/C15H26N4O4/c1-11-9-12(18(5)17-11)16-13(20)10-19(7-8-22-6)14(21)23-15(2,3)4/h9H,7-8,10H2,1-6H3,(H,16,20). The Morgan fingerprint density at radius 1 is 1.39 bits per heavy atom. The van der Waals surface area contributed by atoms with E-state index in [4.69, 9.17) is 9.47 Å². The number of aryl methyl sites for hydroxylation is 2. The molecule has 0 aliphatic carbocycles. The molecule has 1 aromatic rings. The van der Waals surface area contributed by atoms with Crippen LogP contribution in [0.2, 0.25) is 0 Å². The normalized spacial score (nSPS) is 11.2. The molecule has 23 heavy (non-hydrogen) atoms. The molecule has 0 bridgehead atoms. The molecule has 0 aliphatic rings. The number of carbonyl (C=O) groups excluding carboxylic acids is 2. The molecule has 1 heterocycles. The van der Waals surface area contributed by atoms with Gasteiger partial charge in [-0.3, -0.25) is 14.4 Å². The summed E-state index contributed by atoms with van der Waals surface area (Å²) >= 11 is 0. The fourth-order valence-electron chi connectivity index (χ4n) is 1.85. The molecule has 2 amide bonds. The number of carbonyl (C=O) groups is 2. The Morgan fingerprint density at radius 2 is 2.04 bits per heavy atom. The van der Waals surface area contributed by atoms with Crippen LogP contribution in [0.25, 0.3) is 0 Å². The second-order valence-corrected chi connectivity index (χ2v) is 6.24. The summed E-state index contributed by atoms with van der Waals surface area (Å²) in [5.41, 5.74) is 0.170. The highest BCUT2D eigenvalue weighted by Crippen LogP contribution is 2.11. The quantitative estimate of drug-likeness (QED) is 0.857. The maximum atomic E-state index is 12.2. The fourth-order valence-corrected chi connectivity index (χ4v) is 1.85. The zero-order chi connectivity index (χ0) is 17.6. The average Bonchev–Trinajstić information content (AvgIpc) is 2.70. The minimum absolute atomic E-state index is 0.123. The van der Waals surface area contributed by atoms with Crippen molar-refractivity contribution >= 4 is 17.8 Å². The third-order valence-corrected chi connectivity index (χ3v) is 2.82. The van der Waals surface area contributed by atoms with Crippen molar-refractivity contribution in [2.45, 2.75) is 33.3 Å². The highest BCUT2D eigenvalue weighted by atomic mass is 16.6. The topological polar surface area (TPSA) is 85.7 Å². The molecule has 0 fully saturated rings. The van der Waals surface area contributed by atoms with Crippen LogP contribution >= 0.6 is 0 Å². The molecule has 8 heteroatoms. The molecule has 0 spiro atoms. The van der Waals surface area contributed by atoms with Gasteiger partial charge in [0.05, 0.1) is 12.3 Å². The third kappa shape index (κ3) is 6.68. The number of amides is 2. The van der Waals surface area contributed by atoms with Crippen molar-refractivity contribution < 1.29 is 19.1 Å². The van der Waals surface area contributed by atoms with Crippen LogP contribution in [0, 0.1) is 6.92 Å². The molecule has 0 saturated heterocycles. The van der Waals surface area contributed by atoms with Crippen molar-refractivity contribution in [2.24, 2.45) is 7.05 Å². The summed E-state index contributed by atoms with van der Waals surface area (Å²) in [6.45, 7) is 7.62. The molecule has 130 valence electrons. The van der Waals surface area contributed by atoms with Gasteiger partial charge in [0, 0.05) is 26.8 Å². The predicted molar refractivity (Wildman–Crippen MR) is 86.3 cm³/mol. The van der Waals surface area contributed by atoms with Gasteiger partial charge in [0.2, 0.25) is 5.91 Å². The number of anilines is 1. The number of hydrogen-bond donors (Lipinski definition) is 1. The average molecular weight is 326 g/mol. The Balaban J connectivity index is 2.70. The van der Waals surface area contributed by atoms with Gasteiger partial charge in [-0.2, -0.15) is 5.10 Å². The lowest BCUT2D eigenvalue weighted by atomic mass is 10.2. The van der Waals surface area contributed by atoms with Gasteiger partial charge in [-0.25, -0.2) is 4.79 Å². The van der Waals surface area contributed by atoms with E-state index in [9.17, 15) is 9.59 Å². The van der Waals surface area contributed by atoms with E-state index in [1.54, 1.807) is 38.6 Å². The molecule has 0 atom stereocenters. The van der Waals surface area contributed by atoms with Gasteiger partial charge in [0.25, 0.3) is 0 Å². The van der Waals surface area contributed by atoms with Gasteiger partial charge in [0.1, 0.15) is 18.0 Å². The Hall–Kier alpha value is -2.09. The summed E-state index contributed by atoms with van der Waals surface area (Å²) < 4.78 is 11.9. The Labute approximate surface area is 136 Å². The second kappa shape index (κ2) is 7.96. The summed E-state index contributed by atoms with van der Waals surface area (Å²) in [5, 5.41) is 6.88. The predicted octanol–water partition coefficient (Wildman–Crippen LogP) is 1.55. The Morgan fingerprint density at radius 3 is 2.52 bits per heavy atom. The van der Waals surface area contributed by atoms with E-state index >= 15 is 0 Å². The summed E-state index contributed by atoms with van der Waals surface area (Å²) in [6, 6.07) is 1.75. The zero-order valence-corrected chi connectivity index (χ0v) is 14.7. The second-order valence-electron chi connectivity index (χ2n) is 6.24. The van der Waals surface area contributed by atoms with E-state index in [0.717, 1.165) is 5.69 Å². The number of hydrogen-bond acceptors (Lipinski definition) is 5. The van der Waals surface area contributed by atoms with E-state index in [2.05, 4.69) is 10.4 Å². The number of methoxy groups -OCH3 is 1. The molecule has 0 aromatic carbocycles. The maximum Gasteiger partial charge on any atom is 0.410 e. The maximum absolute atomic E-state index is 12.2. The summed E-state index contributed by atoms with van der Waals surface area (Å²) in [7, 11) is 3.27. The summed E-state index contributed by atoms with van der Waals surface area (Å²) in [5.74, 6) is 0.248. The molecule has 1 N–H and O–H groups in total. The number of nitrogens with zero attached hydrogens (tertiary/aromatic N) is 3. The van der Waals surface area contributed by atoms with Gasteiger partial charge in [0.15, 0.2) is 0 Å². The highest BCUT2D eigenvalue weighted by molar-refractivity contribution is 5.93. The first kappa shape index (κ1) is 19.0. The van der Waals surface area contributed by atoms with E-state index < -0.39 is 11.7 Å². The smallest absolute Gasteiger partial charge is 0.410 e. The van der Waals surface area contributed by atoms with Crippen LogP contribution in [0.5, 0.6) is 0 Å². The van der Waals surface area contributed by atoms with E-state index in [1.165, 1.54) is 12.0 Å². The summed E-state index contributed by atoms with van der Waals surface area (Å²) in [6.07, 6.45) is -0.550. The highest BCUT2D eigenvalue weighted by Gasteiger charge is 2.24. The minimum atomic E-state index is -0.627. The molecule has 0 saturated carbocycles. The van der Waals surface area contributed by atoms with Crippen LogP contribution in [-0.4, -0.2) is 59.1 Å². The van der Waals surface area contributed by atoms with Gasteiger partial charge >= 0.3 is 6.09 Å². The number of ether oxygens (including phenoxy) is 2. The Bertz CT molecular complexity index is 548. The molecular weight excluding hydrogens is 300 g/mol. The zero-order valence-electron chi connectivity index (χ0n) is 14.7. The first-order valence-electron chi connectivity index (χ1n) is 7.39. The minimum Gasteiger partial charge on any atom is -0.444 e. The van der Waals surface area contributed by atoms with E-state index in [1.807, 2.05) is 6.92 Å². The molecule has 0 aliphatic heterocycles. The van der Waals surface area contributed by atoms with Crippen molar-refractivity contribution in [3.05, 3.63) is 11.8 Å². The lowest BCUT2D eigenvalue weighted by Crippen LogP contribution is -2.43. The van der Waals surface area contributed by atoms with Gasteiger partial charge in [-0.1, -0.05) is 0 Å². The number of aromatic nitrogens is 2. The lowest BCUT2D eigenvalue weighted by molar-refractivity contribution is -0.117. The third-order valence-electron chi connectivity index (χ3n) is 2.82. The van der Waals surface area contributed by atoms with Crippen LogP contribution < -0.4 is 5.32 Å². The van der Waals surface area contributed by atoms with Crippen LogP contribution in [0.15, 0.2) is 6.07 Å². The molecular formula is C15H26N4O4. The van der Waals surface area contributed by atoms with Crippen LogP contribution in [0.4, 0.5) is 10.6 Å². The molecule has 1 rings (SSSR count). The first-order chi connectivity index (χ1) is 10.6. The van der Waals surface area contributed by atoms with Gasteiger partial charge < -0.3 is 14.8 Å². The van der Waals surface area contributed by atoms with E-state index in [0.29, 0.717) is 12.4 Å². The fraction of sp³-hybridized carbons (Fsp3) is 0.667. The summed E-state index contributed by atoms with van der Waals surface area (Å²) in [4.78, 5) is 25.7.